The van der Waals surface area contributed by atoms with Gasteiger partial charge < -0.3 is 5.32 Å². The van der Waals surface area contributed by atoms with Gasteiger partial charge in [0.1, 0.15) is 0 Å². The van der Waals surface area contributed by atoms with Crippen molar-refractivity contribution in [2.45, 2.75) is 11.4 Å². The third kappa shape index (κ3) is 4.31. The lowest BCUT2D eigenvalue weighted by Crippen LogP contribution is -2.42. The number of piperazine rings is 1. The molecule has 3 aromatic rings. The van der Waals surface area contributed by atoms with Gasteiger partial charge in [0.15, 0.2) is 0 Å². The summed E-state index contributed by atoms with van der Waals surface area (Å²) in [6, 6.07) is 16.4. The third-order valence-corrected chi connectivity index (χ3v) is 6.40. The Morgan fingerprint density at radius 3 is 2.30 bits per heavy atom. The molecule has 2 heterocycles. The third-order valence-electron chi connectivity index (χ3n) is 4.69. The maximum atomic E-state index is 13.0. The van der Waals surface area contributed by atoms with Crippen molar-refractivity contribution in [3.63, 3.8) is 0 Å². The molecule has 1 aliphatic heterocycles. The molecular formula is C19H23Cl2N3O2S. The van der Waals surface area contributed by atoms with E-state index in [1.54, 1.807) is 30.5 Å². The Labute approximate surface area is 172 Å². The molecule has 1 fully saturated rings. The molecule has 0 spiro atoms. The summed E-state index contributed by atoms with van der Waals surface area (Å²) in [5, 5.41) is 4.36. The first kappa shape index (κ1) is 21.7. The highest BCUT2D eigenvalue weighted by atomic mass is 35.5. The van der Waals surface area contributed by atoms with Gasteiger partial charge in [-0.2, -0.15) is 0 Å². The van der Waals surface area contributed by atoms with Crippen LogP contribution in [0, 0.1) is 0 Å². The Kier molecular flexibility index (Phi) is 7.31. The fourth-order valence-corrected chi connectivity index (χ4v) is 4.74. The highest BCUT2D eigenvalue weighted by molar-refractivity contribution is 7.90. The van der Waals surface area contributed by atoms with E-state index in [0.717, 1.165) is 43.6 Å². The van der Waals surface area contributed by atoms with E-state index < -0.39 is 10.0 Å². The lowest BCUT2D eigenvalue weighted by atomic mass is 10.1. The number of halogens is 2. The number of nitrogens with zero attached hydrogens (tertiary/aromatic N) is 2. The maximum Gasteiger partial charge on any atom is 0.268 e. The summed E-state index contributed by atoms with van der Waals surface area (Å²) in [6.45, 7) is 4.87. The summed E-state index contributed by atoms with van der Waals surface area (Å²) < 4.78 is 27.3. The van der Waals surface area contributed by atoms with Crippen molar-refractivity contribution in [3.05, 3.63) is 66.4 Å². The summed E-state index contributed by atoms with van der Waals surface area (Å²) in [5.74, 6) is 0. The molecule has 1 aliphatic rings. The standard InChI is InChI=1S/C19H21N3O2S.2ClH/c23-25(24,17-6-2-1-3-7-17)22-12-9-18-16(5-4-8-19(18)22)15-21-13-10-20-11-14-21;;/h1-9,12,20H,10-11,13-15H2;2*1H. The molecule has 0 atom stereocenters. The Hall–Kier alpha value is -1.57. The molecule has 5 nitrogen and oxygen atoms in total. The first-order valence-corrected chi connectivity index (χ1v) is 9.93. The monoisotopic (exact) mass is 427 g/mol. The second-order valence-electron chi connectivity index (χ2n) is 6.31. The van der Waals surface area contributed by atoms with Gasteiger partial charge in [-0.1, -0.05) is 30.3 Å². The van der Waals surface area contributed by atoms with E-state index in [2.05, 4.69) is 16.3 Å². The Bertz CT molecular complexity index is 985. The molecule has 4 rings (SSSR count). The molecule has 0 aliphatic carbocycles. The smallest absolute Gasteiger partial charge is 0.268 e. The minimum atomic E-state index is -3.58. The van der Waals surface area contributed by atoms with Gasteiger partial charge in [-0.3, -0.25) is 4.90 Å². The van der Waals surface area contributed by atoms with Gasteiger partial charge in [-0.05, 0) is 29.8 Å². The number of aromatic nitrogens is 1. The van der Waals surface area contributed by atoms with Crippen molar-refractivity contribution in [3.8, 4) is 0 Å². The van der Waals surface area contributed by atoms with Crippen LogP contribution < -0.4 is 5.32 Å². The summed E-state index contributed by atoms with van der Waals surface area (Å²) in [5.41, 5.74) is 1.90. The molecule has 1 aromatic heterocycles. The van der Waals surface area contributed by atoms with E-state index in [1.165, 1.54) is 9.54 Å². The van der Waals surface area contributed by atoms with Crippen LogP contribution in [0.5, 0.6) is 0 Å². The van der Waals surface area contributed by atoms with Crippen molar-refractivity contribution >= 4 is 45.7 Å². The molecule has 0 saturated carbocycles. The van der Waals surface area contributed by atoms with Crippen LogP contribution >= 0.6 is 24.8 Å². The van der Waals surface area contributed by atoms with Gasteiger partial charge in [0.05, 0.1) is 10.4 Å². The zero-order valence-electron chi connectivity index (χ0n) is 14.7. The van der Waals surface area contributed by atoms with Crippen molar-refractivity contribution < 1.29 is 8.42 Å². The number of hydrogen-bond acceptors (Lipinski definition) is 4. The van der Waals surface area contributed by atoms with Gasteiger partial charge in [0.25, 0.3) is 10.0 Å². The Morgan fingerprint density at radius 2 is 1.59 bits per heavy atom. The van der Waals surface area contributed by atoms with E-state index in [4.69, 9.17) is 0 Å². The second kappa shape index (κ2) is 9.08. The lowest BCUT2D eigenvalue weighted by Gasteiger charge is -2.27. The molecule has 1 N–H and O–H groups in total. The first-order chi connectivity index (χ1) is 12.2. The van der Waals surface area contributed by atoms with E-state index >= 15 is 0 Å². The summed E-state index contributed by atoms with van der Waals surface area (Å²) in [6.07, 6.45) is 1.66. The number of rotatable bonds is 4. The van der Waals surface area contributed by atoms with Crippen LogP contribution in [-0.2, 0) is 16.6 Å². The number of benzene rings is 2. The van der Waals surface area contributed by atoms with Crippen molar-refractivity contribution in [1.29, 1.82) is 0 Å². The molecule has 0 radical (unpaired) electrons. The van der Waals surface area contributed by atoms with Gasteiger partial charge in [-0.25, -0.2) is 12.4 Å². The highest BCUT2D eigenvalue weighted by Gasteiger charge is 2.20. The normalized spacial score (nSPS) is 15.1. The molecule has 0 unspecified atom stereocenters. The van der Waals surface area contributed by atoms with Gasteiger partial charge in [-0.15, -0.1) is 24.8 Å². The molecule has 8 heteroatoms. The molecule has 0 amide bonds. The second-order valence-corrected chi connectivity index (χ2v) is 8.12. The minimum Gasteiger partial charge on any atom is -0.314 e. The van der Waals surface area contributed by atoms with Crippen LogP contribution in [0.15, 0.2) is 65.7 Å². The molecule has 1 saturated heterocycles. The molecular weight excluding hydrogens is 405 g/mol. The quantitative estimate of drug-likeness (QED) is 0.694. The summed E-state index contributed by atoms with van der Waals surface area (Å²) in [4.78, 5) is 2.70. The molecule has 0 bridgehead atoms. The van der Waals surface area contributed by atoms with E-state index in [0.29, 0.717) is 4.90 Å². The van der Waals surface area contributed by atoms with Crippen LogP contribution in [0.25, 0.3) is 10.9 Å². The number of hydrogen-bond donors (Lipinski definition) is 1. The Balaban J connectivity index is 0.00000131. The largest absolute Gasteiger partial charge is 0.314 e. The van der Waals surface area contributed by atoms with E-state index in [-0.39, 0.29) is 24.8 Å². The van der Waals surface area contributed by atoms with E-state index in [9.17, 15) is 8.42 Å². The molecule has 27 heavy (non-hydrogen) atoms. The molecule has 2 aromatic carbocycles. The predicted molar refractivity (Wildman–Crippen MR) is 114 cm³/mol. The average molecular weight is 428 g/mol. The predicted octanol–water partition coefficient (Wildman–Crippen LogP) is 3.13. The van der Waals surface area contributed by atoms with Crippen LogP contribution in [-0.4, -0.2) is 43.5 Å². The minimum absolute atomic E-state index is 0. The summed E-state index contributed by atoms with van der Waals surface area (Å²) in [7, 11) is -3.58. The fourth-order valence-electron chi connectivity index (χ4n) is 3.37. The first-order valence-electron chi connectivity index (χ1n) is 8.49. The van der Waals surface area contributed by atoms with E-state index in [1.807, 2.05) is 24.3 Å². The number of fused-ring (bicyclic) bond motifs is 1. The highest BCUT2D eigenvalue weighted by Crippen LogP contribution is 2.25. The zero-order chi connectivity index (χ0) is 17.3. The van der Waals surface area contributed by atoms with Crippen molar-refractivity contribution in [2.75, 3.05) is 26.2 Å². The van der Waals surface area contributed by atoms with Crippen molar-refractivity contribution in [1.82, 2.24) is 14.2 Å². The van der Waals surface area contributed by atoms with Gasteiger partial charge >= 0.3 is 0 Å². The SMILES string of the molecule is Cl.Cl.O=S(=O)(c1ccccc1)n1ccc2c(CN3CCNCC3)cccc21. The van der Waals surface area contributed by atoms with Crippen LogP contribution in [0.4, 0.5) is 0 Å². The van der Waals surface area contributed by atoms with Crippen molar-refractivity contribution in [2.24, 2.45) is 0 Å². The van der Waals surface area contributed by atoms with Gasteiger partial charge in [0.2, 0.25) is 0 Å². The van der Waals surface area contributed by atoms with Crippen LogP contribution in [0.1, 0.15) is 5.56 Å². The Morgan fingerprint density at radius 1 is 0.889 bits per heavy atom. The fraction of sp³-hybridized carbons (Fsp3) is 0.263. The lowest BCUT2D eigenvalue weighted by molar-refractivity contribution is 0.234. The van der Waals surface area contributed by atoms with Crippen LogP contribution in [0.2, 0.25) is 0 Å². The topological polar surface area (TPSA) is 54.3 Å². The van der Waals surface area contributed by atoms with Gasteiger partial charge in [0, 0.05) is 44.3 Å². The maximum absolute atomic E-state index is 13.0. The van der Waals surface area contributed by atoms with Crippen LogP contribution in [0.3, 0.4) is 0 Å². The molecule has 146 valence electrons. The number of nitrogens with one attached hydrogen (secondary N) is 1. The average Bonchev–Trinajstić information content (AvgIpc) is 3.09. The summed E-state index contributed by atoms with van der Waals surface area (Å²) >= 11 is 0. The zero-order valence-corrected chi connectivity index (χ0v) is 17.2.